The molecule has 0 unspecified atom stereocenters. The van der Waals surface area contributed by atoms with Gasteiger partial charge in [-0.2, -0.15) is 0 Å². The van der Waals surface area contributed by atoms with Gasteiger partial charge in [-0.05, 0) is 34.7 Å². The minimum atomic E-state index is 0.738. The third-order valence-corrected chi connectivity index (χ3v) is 1.66. The Kier molecular flexibility index (Phi) is 2.22. The molecule has 0 radical (unpaired) electrons. The number of hydrogen-bond donors (Lipinski definition) is 0. The molecule has 0 aliphatic heterocycles. The lowest BCUT2D eigenvalue weighted by Gasteiger charge is -1.88. The molecule has 1 aromatic rings. The summed E-state index contributed by atoms with van der Waals surface area (Å²) in [4.78, 5) is 10.2. The van der Waals surface area contributed by atoms with Crippen LogP contribution < -0.4 is 0 Å². The number of benzene rings is 1. The zero-order chi connectivity index (χ0) is 6.69. The Balaban J connectivity index is 3.07. The molecule has 0 aliphatic rings. The SMILES string of the molecule is O=Cc1cccc([131I])c1. The molecule has 0 heterocycles. The molecular formula is C7H5IO. The second-order valence-corrected chi connectivity index (χ2v) is 2.92. The van der Waals surface area contributed by atoms with E-state index in [4.69, 9.17) is 0 Å². The Hall–Kier alpha value is -0.380. The summed E-state index contributed by atoms with van der Waals surface area (Å²) < 4.78 is 1.09. The minimum Gasteiger partial charge on any atom is -0.298 e. The predicted molar refractivity (Wildman–Crippen MR) is 44.5 cm³/mol. The van der Waals surface area contributed by atoms with Crippen LogP contribution in [-0.2, 0) is 0 Å². The molecule has 1 rings (SSSR count). The van der Waals surface area contributed by atoms with Crippen LogP contribution in [0.2, 0.25) is 0 Å². The minimum absolute atomic E-state index is 0.738. The van der Waals surface area contributed by atoms with Gasteiger partial charge in [-0.3, -0.25) is 4.79 Å². The third kappa shape index (κ3) is 1.78. The quantitative estimate of drug-likeness (QED) is 0.539. The Labute approximate surface area is 67.2 Å². The van der Waals surface area contributed by atoms with Crippen LogP contribution in [0.4, 0.5) is 0 Å². The summed E-state index contributed by atoms with van der Waals surface area (Å²) in [5.41, 5.74) is 0.738. The number of rotatable bonds is 1. The van der Waals surface area contributed by atoms with E-state index in [1.807, 2.05) is 18.2 Å². The van der Waals surface area contributed by atoms with E-state index in [1.54, 1.807) is 6.07 Å². The molecule has 46 valence electrons. The van der Waals surface area contributed by atoms with Gasteiger partial charge >= 0.3 is 0 Å². The van der Waals surface area contributed by atoms with Crippen LogP contribution in [0.1, 0.15) is 10.4 Å². The van der Waals surface area contributed by atoms with Crippen molar-refractivity contribution in [2.45, 2.75) is 0 Å². The first-order chi connectivity index (χ1) is 4.33. The van der Waals surface area contributed by atoms with Crippen LogP contribution in [0, 0.1) is 3.57 Å². The van der Waals surface area contributed by atoms with E-state index in [0.717, 1.165) is 15.4 Å². The topological polar surface area (TPSA) is 17.1 Å². The van der Waals surface area contributed by atoms with E-state index in [2.05, 4.69) is 22.6 Å². The maximum absolute atomic E-state index is 10.2. The van der Waals surface area contributed by atoms with Crippen LogP contribution in [0.15, 0.2) is 24.3 Å². The van der Waals surface area contributed by atoms with Crippen molar-refractivity contribution >= 4 is 28.9 Å². The molecule has 0 aliphatic carbocycles. The molecule has 0 amide bonds. The highest BCUT2D eigenvalue weighted by molar-refractivity contribution is 14.1. The largest absolute Gasteiger partial charge is 0.298 e. The summed E-state index contributed by atoms with van der Waals surface area (Å²) in [6, 6.07) is 7.45. The lowest BCUT2D eigenvalue weighted by atomic mass is 10.2. The summed E-state index contributed by atoms with van der Waals surface area (Å²) in [5.74, 6) is 0. The van der Waals surface area contributed by atoms with Gasteiger partial charge in [0.25, 0.3) is 0 Å². The first kappa shape index (κ1) is 6.74. The zero-order valence-corrected chi connectivity index (χ0v) is 6.83. The smallest absolute Gasteiger partial charge is 0.150 e. The van der Waals surface area contributed by atoms with Crippen molar-refractivity contribution in [3.63, 3.8) is 0 Å². The van der Waals surface area contributed by atoms with Crippen molar-refractivity contribution in [2.24, 2.45) is 0 Å². The lowest BCUT2D eigenvalue weighted by molar-refractivity contribution is 0.112. The molecule has 0 bridgehead atoms. The second-order valence-electron chi connectivity index (χ2n) is 1.67. The molecule has 0 saturated carbocycles. The molecule has 1 nitrogen and oxygen atoms in total. The van der Waals surface area contributed by atoms with Crippen LogP contribution in [0.5, 0.6) is 0 Å². The Morgan fingerprint density at radius 3 is 2.67 bits per heavy atom. The monoisotopic (exact) mass is 236 g/mol. The van der Waals surface area contributed by atoms with Gasteiger partial charge < -0.3 is 0 Å². The third-order valence-electron chi connectivity index (χ3n) is 0.985. The molecule has 0 spiro atoms. The molecule has 0 atom stereocenters. The summed E-state index contributed by atoms with van der Waals surface area (Å²) >= 11 is 2.17. The summed E-state index contributed by atoms with van der Waals surface area (Å²) in [6.45, 7) is 0. The molecule has 0 N–H and O–H groups in total. The standard InChI is InChI=1S/C7H5IO/c8-7-3-1-2-6(4-7)5-9/h1-5H/i8+4. The van der Waals surface area contributed by atoms with Crippen molar-refractivity contribution in [3.05, 3.63) is 33.4 Å². The van der Waals surface area contributed by atoms with E-state index < -0.39 is 0 Å². The van der Waals surface area contributed by atoms with Gasteiger partial charge in [0.05, 0.1) is 0 Å². The first-order valence-electron chi connectivity index (χ1n) is 2.53. The van der Waals surface area contributed by atoms with E-state index in [9.17, 15) is 4.79 Å². The molecule has 0 aromatic heterocycles. The lowest BCUT2D eigenvalue weighted by Crippen LogP contribution is -1.77. The average molecular weight is 236 g/mol. The van der Waals surface area contributed by atoms with Gasteiger partial charge in [0.1, 0.15) is 6.29 Å². The molecule has 2 heteroatoms. The van der Waals surface area contributed by atoms with Gasteiger partial charge in [0, 0.05) is 9.13 Å². The number of carbonyl (C=O) groups is 1. The molecule has 9 heavy (non-hydrogen) atoms. The summed E-state index contributed by atoms with van der Waals surface area (Å²) in [5, 5.41) is 0. The second kappa shape index (κ2) is 2.96. The normalized spacial score (nSPS) is 9.00. The van der Waals surface area contributed by atoms with E-state index in [1.165, 1.54) is 0 Å². The molecule has 1 aromatic carbocycles. The van der Waals surface area contributed by atoms with Crippen molar-refractivity contribution in [3.8, 4) is 0 Å². The fourth-order valence-electron chi connectivity index (χ4n) is 0.580. The fraction of sp³-hybridized carbons (Fsp3) is 0. The van der Waals surface area contributed by atoms with Gasteiger partial charge in [0.15, 0.2) is 0 Å². The van der Waals surface area contributed by atoms with Gasteiger partial charge in [-0.1, -0.05) is 12.1 Å². The molecular weight excluding hydrogens is 231 g/mol. The summed E-state index contributed by atoms with van der Waals surface area (Å²) in [6.07, 6.45) is 0.849. The number of carbonyl (C=O) groups excluding carboxylic acids is 1. The number of aldehydes is 1. The first-order valence-corrected chi connectivity index (χ1v) is 3.61. The zero-order valence-electron chi connectivity index (χ0n) is 4.67. The Morgan fingerprint density at radius 1 is 1.44 bits per heavy atom. The van der Waals surface area contributed by atoms with Crippen molar-refractivity contribution < 1.29 is 4.79 Å². The van der Waals surface area contributed by atoms with Crippen LogP contribution in [-0.4, -0.2) is 6.29 Å². The van der Waals surface area contributed by atoms with E-state index in [-0.39, 0.29) is 0 Å². The highest BCUT2D eigenvalue weighted by Gasteiger charge is 1.87. The van der Waals surface area contributed by atoms with Crippen LogP contribution >= 0.6 is 22.6 Å². The van der Waals surface area contributed by atoms with Gasteiger partial charge in [-0.15, -0.1) is 0 Å². The molecule has 0 fully saturated rings. The number of halogens is 1. The maximum atomic E-state index is 10.2. The van der Waals surface area contributed by atoms with E-state index in [0.29, 0.717) is 0 Å². The Morgan fingerprint density at radius 2 is 2.22 bits per heavy atom. The average Bonchev–Trinajstić information content (AvgIpc) is 1.88. The Bertz CT molecular complexity index is 220. The van der Waals surface area contributed by atoms with Crippen molar-refractivity contribution in [2.75, 3.05) is 0 Å². The van der Waals surface area contributed by atoms with Crippen molar-refractivity contribution in [1.29, 1.82) is 0 Å². The molecule has 0 saturated heterocycles. The fourth-order valence-corrected chi connectivity index (χ4v) is 1.15. The number of hydrogen-bond acceptors (Lipinski definition) is 1. The van der Waals surface area contributed by atoms with Gasteiger partial charge in [-0.25, -0.2) is 0 Å². The highest BCUT2D eigenvalue weighted by atomic mass is 131. The van der Waals surface area contributed by atoms with E-state index >= 15 is 0 Å². The van der Waals surface area contributed by atoms with Crippen LogP contribution in [0.3, 0.4) is 0 Å². The van der Waals surface area contributed by atoms with Crippen LogP contribution in [0.25, 0.3) is 0 Å². The summed E-state index contributed by atoms with van der Waals surface area (Å²) in [7, 11) is 0. The highest BCUT2D eigenvalue weighted by Crippen LogP contribution is 2.04. The van der Waals surface area contributed by atoms with Gasteiger partial charge in [0.2, 0.25) is 0 Å². The van der Waals surface area contributed by atoms with Crippen molar-refractivity contribution in [1.82, 2.24) is 0 Å². The predicted octanol–water partition coefficient (Wildman–Crippen LogP) is 2.10. The maximum Gasteiger partial charge on any atom is 0.150 e.